The summed E-state index contributed by atoms with van der Waals surface area (Å²) in [4.78, 5) is 13.3. The standard InChI is InChI=1S/C26H29BrN2O3S/c1-19(2)17-25(21-7-5-4-6-8-21)28-26(30)18-29(23-13-11-22(27)12-14-23)33(31,32)24-15-9-20(3)10-16-24/h4-16,19,25H,17-18H2,1-3H3,(H,28,30)/t25-/m0/s1. The predicted octanol–water partition coefficient (Wildman–Crippen LogP) is 5.86. The van der Waals surface area contributed by atoms with E-state index in [1.165, 1.54) is 0 Å². The number of nitrogens with one attached hydrogen (secondary N) is 1. The fourth-order valence-corrected chi connectivity index (χ4v) is 5.25. The van der Waals surface area contributed by atoms with Crippen LogP contribution in [0, 0.1) is 12.8 Å². The van der Waals surface area contributed by atoms with Gasteiger partial charge in [0.25, 0.3) is 10.0 Å². The van der Waals surface area contributed by atoms with Gasteiger partial charge in [0.2, 0.25) is 5.91 Å². The fourth-order valence-electron chi connectivity index (χ4n) is 3.57. The lowest BCUT2D eigenvalue weighted by Crippen LogP contribution is -2.42. The van der Waals surface area contributed by atoms with Crippen molar-refractivity contribution >= 4 is 37.5 Å². The second kappa shape index (κ2) is 11.0. The number of hydrogen-bond donors (Lipinski definition) is 1. The Labute approximate surface area is 205 Å². The Kier molecular flexibility index (Phi) is 8.32. The average Bonchev–Trinajstić information content (AvgIpc) is 2.78. The van der Waals surface area contributed by atoms with E-state index >= 15 is 0 Å². The number of anilines is 1. The second-order valence-corrected chi connectivity index (χ2v) is 11.2. The zero-order chi connectivity index (χ0) is 24.0. The van der Waals surface area contributed by atoms with Crippen LogP contribution < -0.4 is 9.62 Å². The maximum atomic E-state index is 13.5. The minimum absolute atomic E-state index is 0.144. The lowest BCUT2D eigenvalue weighted by Gasteiger charge is -2.26. The molecule has 33 heavy (non-hydrogen) atoms. The van der Waals surface area contributed by atoms with E-state index in [0.717, 1.165) is 26.3 Å². The van der Waals surface area contributed by atoms with Gasteiger partial charge in [0.15, 0.2) is 0 Å². The maximum Gasteiger partial charge on any atom is 0.264 e. The molecule has 0 aliphatic rings. The molecular weight excluding hydrogens is 500 g/mol. The number of carbonyl (C=O) groups excluding carboxylic acids is 1. The number of aryl methyl sites for hydroxylation is 1. The van der Waals surface area contributed by atoms with Crippen LogP contribution in [0.5, 0.6) is 0 Å². The van der Waals surface area contributed by atoms with Gasteiger partial charge in [-0.3, -0.25) is 9.10 Å². The molecule has 0 aromatic heterocycles. The van der Waals surface area contributed by atoms with E-state index in [0.29, 0.717) is 11.6 Å². The second-order valence-electron chi connectivity index (χ2n) is 8.46. The minimum Gasteiger partial charge on any atom is -0.348 e. The molecule has 0 aliphatic carbocycles. The molecule has 1 N–H and O–H groups in total. The van der Waals surface area contributed by atoms with E-state index in [1.807, 2.05) is 37.3 Å². The van der Waals surface area contributed by atoms with E-state index in [9.17, 15) is 13.2 Å². The molecule has 3 aromatic rings. The molecule has 174 valence electrons. The Bertz CT molecular complexity index is 1160. The van der Waals surface area contributed by atoms with E-state index in [-0.39, 0.29) is 23.4 Å². The first kappa shape index (κ1) is 25.0. The molecule has 0 saturated carbocycles. The van der Waals surface area contributed by atoms with Gasteiger partial charge in [-0.15, -0.1) is 0 Å². The van der Waals surface area contributed by atoms with Crippen molar-refractivity contribution in [3.05, 3.63) is 94.5 Å². The van der Waals surface area contributed by atoms with Gasteiger partial charge in [0, 0.05) is 4.47 Å². The third-order valence-corrected chi connectivity index (χ3v) is 7.57. The predicted molar refractivity (Wildman–Crippen MR) is 137 cm³/mol. The van der Waals surface area contributed by atoms with Crippen molar-refractivity contribution in [2.24, 2.45) is 5.92 Å². The monoisotopic (exact) mass is 528 g/mol. The van der Waals surface area contributed by atoms with Gasteiger partial charge in [-0.05, 0) is 61.2 Å². The molecule has 0 bridgehead atoms. The smallest absolute Gasteiger partial charge is 0.264 e. The summed E-state index contributed by atoms with van der Waals surface area (Å²) >= 11 is 3.38. The molecular formula is C26H29BrN2O3S. The first-order chi connectivity index (χ1) is 15.7. The third kappa shape index (κ3) is 6.68. The van der Waals surface area contributed by atoms with Crippen molar-refractivity contribution in [3.63, 3.8) is 0 Å². The molecule has 1 atom stereocenters. The number of amides is 1. The Balaban J connectivity index is 1.91. The van der Waals surface area contributed by atoms with Crippen molar-refractivity contribution in [1.29, 1.82) is 0 Å². The zero-order valence-corrected chi connectivity index (χ0v) is 21.4. The molecule has 0 fully saturated rings. The summed E-state index contributed by atoms with van der Waals surface area (Å²) < 4.78 is 29.1. The summed E-state index contributed by atoms with van der Waals surface area (Å²) in [5, 5.41) is 3.05. The molecule has 1 amide bonds. The van der Waals surface area contributed by atoms with E-state index in [4.69, 9.17) is 0 Å². The quantitative estimate of drug-likeness (QED) is 0.378. The first-order valence-electron chi connectivity index (χ1n) is 10.9. The van der Waals surface area contributed by atoms with Crippen LogP contribution in [0.1, 0.15) is 37.4 Å². The molecule has 5 nitrogen and oxygen atoms in total. The van der Waals surface area contributed by atoms with E-state index < -0.39 is 10.0 Å². The van der Waals surface area contributed by atoms with Crippen molar-refractivity contribution < 1.29 is 13.2 Å². The molecule has 0 aliphatic heterocycles. The Morgan fingerprint density at radius 2 is 1.55 bits per heavy atom. The van der Waals surface area contributed by atoms with Crippen LogP contribution >= 0.6 is 15.9 Å². The molecule has 3 aromatic carbocycles. The van der Waals surface area contributed by atoms with E-state index in [1.54, 1.807) is 48.5 Å². The average molecular weight is 530 g/mol. The van der Waals surface area contributed by atoms with Gasteiger partial charge in [0.1, 0.15) is 6.54 Å². The summed E-state index contributed by atoms with van der Waals surface area (Å²) in [6.07, 6.45) is 0.749. The summed E-state index contributed by atoms with van der Waals surface area (Å²) in [5.74, 6) is -0.00233. The van der Waals surface area contributed by atoms with Crippen LogP contribution in [-0.4, -0.2) is 20.9 Å². The molecule has 0 heterocycles. The topological polar surface area (TPSA) is 66.5 Å². The number of carbonyl (C=O) groups is 1. The van der Waals surface area contributed by atoms with Crippen molar-refractivity contribution in [1.82, 2.24) is 5.32 Å². The molecule has 0 saturated heterocycles. The summed E-state index contributed by atoms with van der Waals surface area (Å²) in [6.45, 7) is 5.77. The third-order valence-electron chi connectivity index (χ3n) is 5.26. The van der Waals surface area contributed by atoms with Crippen LogP contribution in [0.4, 0.5) is 5.69 Å². The van der Waals surface area contributed by atoms with Gasteiger partial charge >= 0.3 is 0 Å². The molecule has 0 radical (unpaired) electrons. The Hall–Kier alpha value is -2.64. The number of halogens is 1. The lowest BCUT2D eigenvalue weighted by atomic mass is 9.97. The van der Waals surface area contributed by atoms with Gasteiger partial charge in [-0.1, -0.05) is 77.8 Å². The normalized spacial score (nSPS) is 12.4. The molecule has 0 spiro atoms. The SMILES string of the molecule is Cc1ccc(S(=O)(=O)N(CC(=O)N[C@@H](CC(C)C)c2ccccc2)c2ccc(Br)cc2)cc1. The van der Waals surface area contributed by atoms with Crippen LogP contribution in [0.15, 0.2) is 88.2 Å². The highest BCUT2D eigenvalue weighted by molar-refractivity contribution is 9.10. The van der Waals surface area contributed by atoms with E-state index in [2.05, 4.69) is 35.1 Å². The Morgan fingerprint density at radius 1 is 0.939 bits per heavy atom. The maximum absolute atomic E-state index is 13.5. The molecule has 7 heteroatoms. The number of rotatable bonds is 9. The largest absolute Gasteiger partial charge is 0.348 e. The number of sulfonamides is 1. The van der Waals surface area contributed by atoms with Crippen LogP contribution in [0.3, 0.4) is 0 Å². The number of nitrogens with zero attached hydrogens (tertiary/aromatic N) is 1. The van der Waals surface area contributed by atoms with Crippen LogP contribution in [-0.2, 0) is 14.8 Å². The molecule has 0 unspecified atom stereocenters. The van der Waals surface area contributed by atoms with Gasteiger partial charge < -0.3 is 5.32 Å². The van der Waals surface area contributed by atoms with Gasteiger partial charge in [0.05, 0.1) is 16.6 Å². The first-order valence-corrected chi connectivity index (χ1v) is 13.1. The molecule has 3 rings (SSSR count). The highest BCUT2D eigenvalue weighted by Crippen LogP contribution is 2.26. The van der Waals surface area contributed by atoms with Crippen molar-refractivity contribution in [2.75, 3.05) is 10.8 Å². The number of benzene rings is 3. The summed E-state index contributed by atoms with van der Waals surface area (Å²) in [7, 11) is -3.95. The number of hydrogen-bond acceptors (Lipinski definition) is 3. The highest BCUT2D eigenvalue weighted by Gasteiger charge is 2.28. The lowest BCUT2D eigenvalue weighted by molar-refractivity contribution is -0.120. The summed E-state index contributed by atoms with van der Waals surface area (Å²) in [6, 6.07) is 23.1. The van der Waals surface area contributed by atoms with Crippen LogP contribution in [0.2, 0.25) is 0 Å². The van der Waals surface area contributed by atoms with Gasteiger partial charge in [-0.25, -0.2) is 8.42 Å². The zero-order valence-electron chi connectivity index (χ0n) is 19.0. The van der Waals surface area contributed by atoms with Gasteiger partial charge in [-0.2, -0.15) is 0 Å². The minimum atomic E-state index is -3.95. The fraction of sp³-hybridized carbons (Fsp3) is 0.269. The van der Waals surface area contributed by atoms with Crippen LogP contribution in [0.25, 0.3) is 0 Å². The van der Waals surface area contributed by atoms with Crippen molar-refractivity contribution in [3.8, 4) is 0 Å². The highest BCUT2D eigenvalue weighted by atomic mass is 79.9. The van der Waals surface area contributed by atoms with Crippen molar-refractivity contribution in [2.45, 2.75) is 38.1 Å². The Morgan fingerprint density at radius 3 is 2.12 bits per heavy atom. The summed E-state index contributed by atoms with van der Waals surface area (Å²) in [5.41, 5.74) is 2.38.